The first-order valence-electron chi connectivity index (χ1n) is 5.23. The molecule has 0 heterocycles. The second kappa shape index (κ2) is 5.09. The molecule has 4 nitrogen and oxygen atoms in total. The van der Waals surface area contributed by atoms with Crippen molar-refractivity contribution in [1.29, 1.82) is 0 Å². The van der Waals surface area contributed by atoms with Crippen LogP contribution >= 0.6 is 0 Å². The number of hydrogen-bond donors (Lipinski definition) is 2. The van der Waals surface area contributed by atoms with Crippen molar-refractivity contribution < 1.29 is 13.0 Å². The summed E-state index contributed by atoms with van der Waals surface area (Å²) in [5.74, 6) is 0. The molecule has 1 aliphatic rings. The largest absolute Gasteiger partial charge is 0.313 e. The normalized spacial score (nSPS) is 21.3. The van der Waals surface area contributed by atoms with Gasteiger partial charge in [-0.25, -0.2) is 0 Å². The van der Waals surface area contributed by atoms with Crippen LogP contribution < -0.4 is 5.32 Å². The highest BCUT2D eigenvalue weighted by Gasteiger charge is 2.22. The summed E-state index contributed by atoms with van der Waals surface area (Å²) >= 11 is 0. The summed E-state index contributed by atoms with van der Waals surface area (Å²) in [6.07, 6.45) is 5.16. The zero-order valence-electron chi connectivity index (χ0n) is 8.57. The summed E-state index contributed by atoms with van der Waals surface area (Å²) in [5, 5.41) is 2.55. The van der Waals surface area contributed by atoms with Gasteiger partial charge in [-0.15, -0.1) is 0 Å². The minimum absolute atomic E-state index is 0.375. The summed E-state index contributed by atoms with van der Waals surface area (Å²) in [7, 11) is -3.87. The molecule has 1 unspecified atom stereocenters. The van der Waals surface area contributed by atoms with Gasteiger partial charge in [0.05, 0.1) is 5.25 Å². The first-order chi connectivity index (χ1) is 6.54. The molecule has 0 spiro atoms. The van der Waals surface area contributed by atoms with E-state index in [2.05, 4.69) is 5.32 Å². The van der Waals surface area contributed by atoms with E-state index in [0.717, 1.165) is 12.8 Å². The van der Waals surface area contributed by atoms with E-state index in [-0.39, 0.29) is 0 Å². The van der Waals surface area contributed by atoms with E-state index in [1.165, 1.54) is 12.8 Å². The van der Waals surface area contributed by atoms with Crippen LogP contribution in [-0.4, -0.2) is 30.8 Å². The van der Waals surface area contributed by atoms with Gasteiger partial charge in [-0.05, 0) is 19.3 Å². The van der Waals surface area contributed by atoms with Crippen LogP contribution in [0.2, 0.25) is 0 Å². The van der Waals surface area contributed by atoms with Crippen LogP contribution in [0.15, 0.2) is 0 Å². The molecular formula is C9H19NO3S. The molecule has 0 aromatic carbocycles. The van der Waals surface area contributed by atoms with E-state index >= 15 is 0 Å². The molecule has 14 heavy (non-hydrogen) atoms. The van der Waals surface area contributed by atoms with Crippen molar-refractivity contribution >= 4 is 10.1 Å². The van der Waals surface area contributed by atoms with Gasteiger partial charge < -0.3 is 5.32 Å². The fourth-order valence-corrected chi connectivity index (χ4v) is 2.62. The predicted octanol–water partition coefficient (Wildman–Crippen LogP) is 1.19. The topological polar surface area (TPSA) is 66.4 Å². The van der Waals surface area contributed by atoms with E-state index in [1.807, 2.05) is 0 Å². The van der Waals surface area contributed by atoms with Crippen LogP contribution in [0.1, 0.15) is 39.0 Å². The molecule has 0 amide bonds. The van der Waals surface area contributed by atoms with E-state index in [4.69, 9.17) is 4.55 Å². The molecule has 1 aliphatic carbocycles. The molecule has 0 saturated heterocycles. The maximum Gasteiger partial charge on any atom is 0.269 e. The van der Waals surface area contributed by atoms with Gasteiger partial charge in [-0.2, -0.15) is 8.42 Å². The zero-order chi connectivity index (χ0) is 10.6. The molecule has 0 radical (unpaired) electrons. The second-order valence-corrected chi connectivity index (χ2v) is 5.63. The molecule has 2 N–H and O–H groups in total. The van der Waals surface area contributed by atoms with Gasteiger partial charge in [0.15, 0.2) is 0 Å². The van der Waals surface area contributed by atoms with Crippen molar-refractivity contribution in [2.24, 2.45) is 0 Å². The Labute approximate surface area is 85.8 Å². The highest BCUT2D eigenvalue weighted by Crippen LogP contribution is 2.17. The highest BCUT2D eigenvalue weighted by atomic mass is 32.2. The van der Waals surface area contributed by atoms with Crippen molar-refractivity contribution in [3.63, 3.8) is 0 Å². The highest BCUT2D eigenvalue weighted by molar-refractivity contribution is 7.86. The predicted molar refractivity (Wildman–Crippen MR) is 55.9 cm³/mol. The van der Waals surface area contributed by atoms with Gasteiger partial charge in [0.2, 0.25) is 0 Å². The lowest BCUT2D eigenvalue weighted by Crippen LogP contribution is -2.37. The molecule has 1 atom stereocenters. The fourth-order valence-electron chi connectivity index (χ4n) is 1.89. The van der Waals surface area contributed by atoms with E-state index in [9.17, 15) is 8.42 Å². The molecule has 5 heteroatoms. The van der Waals surface area contributed by atoms with Crippen LogP contribution in [0.4, 0.5) is 0 Å². The minimum atomic E-state index is -3.87. The lowest BCUT2D eigenvalue weighted by molar-refractivity contribution is 0.445. The Hall–Kier alpha value is -0.130. The Balaban J connectivity index is 2.34. The summed E-state index contributed by atoms with van der Waals surface area (Å²) in [5.41, 5.74) is 0. The SMILES string of the molecule is CCC(CNC1CCCC1)S(=O)(=O)O. The van der Waals surface area contributed by atoms with Gasteiger partial charge in [-0.3, -0.25) is 4.55 Å². The molecule has 0 aliphatic heterocycles. The summed E-state index contributed by atoms with van der Waals surface area (Å²) in [6.45, 7) is 2.15. The Morgan fingerprint density at radius 3 is 2.43 bits per heavy atom. The second-order valence-electron chi connectivity index (χ2n) is 3.93. The quantitative estimate of drug-likeness (QED) is 0.684. The maximum atomic E-state index is 10.9. The van der Waals surface area contributed by atoms with E-state index in [1.54, 1.807) is 6.92 Å². The van der Waals surface area contributed by atoms with E-state index in [0.29, 0.717) is 19.0 Å². The van der Waals surface area contributed by atoms with Gasteiger partial charge in [0.1, 0.15) is 0 Å². The molecule has 0 bridgehead atoms. The molecule has 1 fully saturated rings. The fraction of sp³-hybridized carbons (Fsp3) is 1.00. The van der Waals surface area contributed by atoms with Crippen LogP contribution in [0.25, 0.3) is 0 Å². The first-order valence-corrected chi connectivity index (χ1v) is 6.74. The van der Waals surface area contributed by atoms with Crippen LogP contribution in [-0.2, 0) is 10.1 Å². The third kappa shape index (κ3) is 3.55. The standard InChI is InChI=1S/C9H19NO3S/c1-2-9(14(11,12)13)7-10-8-5-3-4-6-8/h8-10H,2-7H2,1H3,(H,11,12,13). The van der Waals surface area contributed by atoms with Gasteiger partial charge in [-0.1, -0.05) is 19.8 Å². The van der Waals surface area contributed by atoms with Crippen molar-refractivity contribution in [3.8, 4) is 0 Å². The zero-order valence-corrected chi connectivity index (χ0v) is 9.39. The monoisotopic (exact) mass is 221 g/mol. The molecule has 0 aromatic heterocycles. The number of rotatable bonds is 5. The van der Waals surface area contributed by atoms with Gasteiger partial charge in [0.25, 0.3) is 10.1 Å². The Morgan fingerprint density at radius 1 is 1.43 bits per heavy atom. The average molecular weight is 221 g/mol. The van der Waals surface area contributed by atoms with Crippen LogP contribution in [0.3, 0.4) is 0 Å². The molecule has 1 saturated carbocycles. The Kier molecular flexibility index (Phi) is 4.34. The number of hydrogen-bond acceptors (Lipinski definition) is 3. The Morgan fingerprint density at radius 2 is 2.00 bits per heavy atom. The molecular weight excluding hydrogens is 202 g/mol. The summed E-state index contributed by atoms with van der Waals surface area (Å²) < 4.78 is 30.6. The third-order valence-electron chi connectivity index (χ3n) is 2.87. The summed E-state index contributed by atoms with van der Waals surface area (Å²) in [4.78, 5) is 0. The van der Waals surface area contributed by atoms with Crippen LogP contribution in [0, 0.1) is 0 Å². The van der Waals surface area contributed by atoms with Crippen LogP contribution in [0.5, 0.6) is 0 Å². The summed E-state index contributed by atoms with van der Waals surface area (Å²) in [6, 6.07) is 0.450. The van der Waals surface area contributed by atoms with Crippen molar-refractivity contribution in [1.82, 2.24) is 5.32 Å². The molecule has 0 aromatic rings. The smallest absolute Gasteiger partial charge is 0.269 e. The third-order valence-corrected chi connectivity index (χ3v) is 4.21. The minimum Gasteiger partial charge on any atom is -0.313 e. The van der Waals surface area contributed by atoms with Gasteiger partial charge in [0, 0.05) is 12.6 Å². The van der Waals surface area contributed by atoms with Crippen molar-refractivity contribution in [3.05, 3.63) is 0 Å². The Bertz CT molecular complexity index is 257. The average Bonchev–Trinajstić information content (AvgIpc) is 2.55. The lowest BCUT2D eigenvalue weighted by atomic mass is 10.2. The van der Waals surface area contributed by atoms with Gasteiger partial charge >= 0.3 is 0 Å². The van der Waals surface area contributed by atoms with E-state index < -0.39 is 15.4 Å². The molecule has 1 rings (SSSR count). The molecule has 84 valence electrons. The van der Waals surface area contributed by atoms with Crippen molar-refractivity contribution in [2.45, 2.75) is 50.3 Å². The number of nitrogens with one attached hydrogen (secondary N) is 1. The van der Waals surface area contributed by atoms with Crippen molar-refractivity contribution in [2.75, 3.05) is 6.54 Å². The lowest BCUT2D eigenvalue weighted by Gasteiger charge is -2.16. The maximum absolute atomic E-state index is 10.9. The first kappa shape index (κ1) is 11.9.